The van der Waals surface area contributed by atoms with Crippen molar-refractivity contribution < 1.29 is 4.79 Å². The number of hydrogen-bond acceptors (Lipinski definition) is 5. The molecule has 1 amide bonds. The van der Waals surface area contributed by atoms with E-state index in [2.05, 4.69) is 26.7 Å². The van der Waals surface area contributed by atoms with E-state index in [1.807, 2.05) is 49.0 Å². The molecule has 2 aromatic carbocycles. The molecule has 0 atom stereocenters. The van der Waals surface area contributed by atoms with Gasteiger partial charge in [-0.15, -0.1) is 5.10 Å². The highest BCUT2D eigenvalue weighted by Gasteiger charge is 2.10. The number of fused-ring (bicyclic) bond motifs is 1. The molecule has 144 valence electrons. The van der Waals surface area contributed by atoms with Gasteiger partial charge in [0, 0.05) is 12.4 Å². The van der Waals surface area contributed by atoms with E-state index in [1.165, 1.54) is 11.0 Å². The van der Waals surface area contributed by atoms with E-state index in [0.29, 0.717) is 17.9 Å². The van der Waals surface area contributed by atoms with Crippen LogP contribution < -0.4 is 5.32 Å². The van der Waals surface area contributed by atoms with Crippen LogP contribution in [0.15, 0.2) is 48.7 Å². The van der Waals surface area contributed by atoms with Crippen molar-refractivity contribution in [2.24, 2.45) is 7.05 Å². The molecule has 2 heterocycles. The summed E-state index contributed by atoms with van der Waals surface area (Å²) in [6, 6.07) is 15.2. The average Bonchev–Trinajstić information content (AvgIpc) is 3.26. The van der Waals surface area contributed by atoms with E-state index in [9.17, 15) is 4.79 Å². The summed E-state index contributed by atoms with van der Waals surface area (Å²) < 4.78 is 1.83. The second-order valence-corrected chi connectivity index (χ2v) is 6.85. The number of aryl methyl sites for hydroxylation is 2. The lowest BCUT2D eigenvalue weighted by molar-refractivity contribution is -0.115. The van der Waals surface area contributed by atoms with Crippen LogP contribution in [-0.2, 0) is 24.8 Å². The van der Waals surface area contributed by atoms with E-state index in [0.717, 1.165) is 27.7 Å². The largest absolute Gasteiger partial charge is 0.308 e. The molecule has 0 saturated heterocycles. The van der Waals surface area contributed by atoms with Crippen molar-refractivity contribution in [3.8, 4) is 6.07 Å². The molecule has 0 aliphatic carbocycles. The topological polar surface area (TPSA) is 101 Å². The van der Waals surface area contributed by atoms with Gasteiger partial charge >= 0.3 is 0 Å². The third-order valence-electron chi connectivity index (χ3n) is 4.68. The Hall–Kier alpha value is -3.99. The van der Waals surface area contributed by atoms with E-state index < -0.39 is 0 Å². The summed E-state index contributed by atoms with van der Waals surface area (Å²) in [5.41, 5.74) is 4.47. The quantitative estimate of drug-likeness (QED) is 0.569. The molecule has 0 fully saturated rings. The minimum atomic E-state index is -0.156. The summed E-state index contributed by atoms with van der Waals surface area (Å²) in [4.78, 5) is 13.9. The van der Waals surface area contributed by atoms with Crippen LogP contribution in [0.2, 0.25) is 0 Å². The van der Waals surface area contributed by atoms with Crippen LogP contribution in [0.5, 0.6) is 0 Å². The molecule has 0 aliphatic rings. The Morgan fingerprint density at radius 3 is 2.66 bits per heavy atom. The van der Waals surface area contributed by atoms with Gasteiger partial charge in [0.1, 0.15) is 0 Å². The number of benzene rings is 2. The van der Waals surface area contributed by atoms with Crippen molar-refractivity contribution >= 4 is 22.6 Å². The second-order valence-electron chi connectivity index (χ2n) is 6.85. The van der Waals surface area contributed by atoms with Crippen molar-refractivity contribution in [1.29, 1.82) is 5.26 Å². The minimum absolute atomic E-state index is 0.156. The zero-order valence-corrected chi connectivity index (χ0v) is 16.1. The monoisotopic (exact) mass is 385 g/mol. The molecule has 8 heteroatoms. The Balaban J connectivity index is 1.40. The third kappa shape index (κ3) is 3.99. The summed E-state index contributed by atoms with van der Waals surface area (Å²) in [5, 5.41) is 25.6. The van der Waals surface area contributed by atoms with Crippen LogP contribution in [0.4, 0.5) is 5.82 Å². The Morgan fingerprint density at radius 1 is 1.14 bits per heavy atom. The molecule has 1 N–H and O–H groups in total. The number of anilines is 1. The van der Waals surface area contributed by atoms with Crippen molar-refractivity contribution in [3.63, 3.8) is 0 Å². The maximum absolute atomic E-state index is 12.4. The molecule has 0 saturated carbocycles. The molecule has 0 bridgehead atoms. The Bertz CT molecular complexity index is 1230. The maximum atomic E-state index is 12.4. The highest BCUT2D eigenvalue weighted by Crippen LogP contribution is 2.19. The van der Waals surface area contributed by atoms with Gasteiger partial charge in [-0.3, -0.25) is 9.48 Å². The molecule has 0 aliphatic heterocycles. The van der Waals surface area contributed by atoms with Crippen LogP contribution in [0.25, 0.3) is 10.9 Å². The van der Waals surface area contributed by atoms with Crippen molar-refractivity contribution in [2.45, 2.75) is 19.9 Å². The molecule has 4 rings (SSSR count). The van der Waals surface area contributed by atoms with Gasteiger partial charge in [0.25, 0.3) is 0 Å². The third-order valence-corrected chi connectivity index (χ3v) is 4.68. The van der Waals surface area contributed by atoms with Crippen LogP contribution in [0, 0.1) is 18.3 Å². The number of hydrogen-bond donors (Lipinski definition) is 1. The summed E-state index contributed by atoms with van der Waals surface area (Å²) in [6.07, 6.45) is 1.77. The van der Waals surface area contributed by atoms with Crippen molar-refractivity contribution in [3.05, 3.63) is 71.0 Å². The van der Waals surface area contributed by atoms with Crippen molar-refractivity contribution in [1.82, 2.24) is 24.8 Å². The summed E-state index contributed by atoms with van der Waals surface area (Å²) >= 11 is 0. The number of rotatable bonds is 5. The summed E-state index contributed by atoms with van der Waals surface area (Å²) in [6.45, 7) is 2.41. The molecule has 8 nitrogen and oxygen atoms in total. The number of carbonyl (C=O) groups is 1. The first kappa shape index (κ1) is 18.4. The lowest BCUT2D eigenvalue weighted by Crippen LogP contribution is -2.15. The molecular weight excluding hydrogens is 366 g/mol. The lowest BCUT2D eigenvalue weighted by atomic mass is 10.1. The Labute approximate surface area is 167 Å². The van der Waals surface area contributed by atoms with E-state index in [1.54, 1.807) is 12.1 Å². The maximum Gasteiger partial charge on any atom is 0.230 e. The van der Waals surface area contributed by atoms with E-state index in [-0.39, 0.29) is 12.3 Å². The van der Waals surface area contributed by atoms with Gasteiger partial charge in [0.15, 0.2) is 5.82 Å². The minimum Gasteiger partial charge on any atom is -0.308 e. The number of nitrogens with zero attached hydrogens (tertiary/aromatic N) is 6. The fraction of sp³-hybridized carbons (Fsp3) is 0.190. The van der Waals surface area contributed by atoms with Gasteiger partial charge in [-0.1, -0.05) is 18.2 Å². The van der Waals surface area contributed by atoms with Crippen LogP contribution in [0.1, 0.15) is 22.4 Å². The van der Waals surface area contributed by atoms with Gasteiger partial charge in [-0.25, -0.2) is 0 Å². The highest BCUT2D eigenvalue weighted by atomic mass is 16.1. The Morgan fingerprint density at radius 2 is 1.90 bits per heavy atom. The number of nitriles is 1. The zero-order chi connectivity index (χ0) is 20.4. The van der Waals surface area contributed by atoms with Gasteiger partial charge in [-0.2, -0.15) is 20.3 Å². The fourth-order valence-corrected chi connectivity index (χ4v) is 3.25. The molecule has 2 aromatic heterocycles. The SMILES string of the molecule is Cc1nn(C)c2ccc(CC(=O)Nc3cnn(Cc4ccc(C#N)cc4)n3)cc12. The summed E-state index contributed by atoms with van der Waals surface area (Å²) in [7, 11) is 1.91. The van der Waals surface area contributed by atoms with Gasteiger partial charge < -0.3 is 5.32 Å². The number of nitrogens with one attached hydrogen (secondary N) is 1. The molecule has 0 unspecified atom stereocenters. The first-order valence-electron chi connectivity index (χ1n) is 9.13. The van der Waals surface area contributed by atoms with Gasteiger partial charge in [0.2, 0.25) is 5.91 Å². The Kier molecular flexibility index (Phi) is 4.79. The lowest BCUT2D eigenvalue weighted by Gasteiger charge is -2.03. The van der Waals surface area contributed by atoms with Crippen LogP contribution in [0.3, 0.4) is 0 Å². The number of carbonyl (C=O) groups excluding carboxylic acids is 1. The van der Waals surface area contributed by atoms with Crippen molar-refractivity contribution in [2.75, 3.05) is 5.32 Å². The smallest absolute Gasteiger partial charge is 0.230 e. The summed E-state index contributed by atoms with van der Waals surface area (Å²) in [5.74, 6) is 0.249. The van der Waals surface area contributed by atoms with Crippen LogP contribution in [-0.4, -0.2) is 30.7 Å². The molecule has 0 radical (unpaired) electrons. The highest BCUT2D eigenvalue weighted by molar-refractivity contribution is 5.92. The van der Waals surface area contributed by atoms with E-state index >= 15 is 0 Å². The van der Waals surface area contributed by atoms with E-state index in [4.69, 9.17) is 5.26 Å². The van der Waals surface area contributed by atoms with Gasteiger partial charge in [-0.05, 0) is 42.3 Å². The molecule has 29 heavy (non-hydrogen) atoms. The molecule has 0 spiro atoms. The number of aromatic nitrogens is 5. The molecule has 4 aromatic rings. The average molecular weight is 385 g/mol. The first-order chi connectivity index (χ1) is 14.0. The fourth-order valence-electron chi connectivity index (χ4n) is 3.25. The predicted octanol–water partition coefficient (Wildman–Crippen LogP) is 2.57. The standard InChI is InChI=1S/C21H19N7O/c1-14-18-9-17(7-8-19(18)27(2)25-14)10-21(29)24-20-12-23-28(26-20)13-16-5-3-15(11-22)4-6-16/h3-9,12H,10,13H2,1-2H3,(H,24,26,29). The zero-order valence-electron chi connectivity index (χ0n) is 16.1. The van der Waals surface area contributed by atoms with Crippen LogP contribution >= 0.6 is 0 Å². The molecular formula is C21H19N7O. The first-order valence-corrected chi connectivity index (χ1v) is 9.13. The number of amides is 1. The second kappa shape index (κ2) is 7.56. The normalized spacial score (nSPS) is 10.8. The predicted molar refractivity (Wildman–Crippen MR) is 108 cm³/mol. The van der Waals surface area contributed by atoms with Gasteiger partial charge in [0.05, 0.1) is 42.0 Å².